The number of aromatic nitrogens is 1. The van der Waals surface area contributed by atoms with Gasteiger partial charge >= 0.3 is 0 Å². The molecule has 1 fully saturated rings. The van der Waals surface area contributed by atoms with Gasteiger partial charge in [0.15, 0.2) is 0 Å². The number of piperazine rings is 1. The van der Waals surface area contributed by atoms with Crippen LogP contribution < -0.4 is 0 Å². The lowest BCUT2D eigenvalue weighted by Crippen LogP contribution is -2.48. The van der Waals surface area contributed by atoms with Gasteiger partial charge in [0, 0.05) is 48.1 Å². The van der Waals surface area contributed by atoms with Crippen LogP contribution in [0.5, 0.6) is 0 Å². The molecule has 0 bridgehead atoms. The van der Waals surface area contributed by atoms with Gasteiger partial charge in [-0.2, -0.15) is 0 Å². The Labute approximate surface area is 159 Å². The maximum Gasteiger partial charge on any atom is 0.270 e. The van der Waals surface area contributed by atoms with E-state index in [0.717, 1.165) is 40.6 Å². The number of hydrogen-bond donors (Lipinski definition) is 1. The maximum atomic E-state index is 13.2. The first kappa shape index (κ1) is 17.2. The van der Waals surface area contributed by atoms with E-state index in [1.165, 1.54) is 12.1 Å². The number of carbonyl (C=O) groups excluding carboxylic acids is 1. The topological polar surface area (TPSA) is 39.3 Å². The molecule has 2 heterocycles. The van der Waals surface area contributed by atoms with Crippen LogP contribution in [-0.4, -0.2) is 46.9 Å². The number of rotatable bonds is 3. The Kier molecular flexibility index (Phi) is 4.78. The molecular weight excluding hydrogens is 397 g/mol. The third-order valence-corrected chi connectivity index (χ3v) is 5.57. The molecule has 1 saturated heterocycles. The fourth-order valence-electron chi connectivity index (χ4n) is 3.36. The van der Waals surface area contributed by atoms with Crippen LogP contribution in [0.25, 0.3) is 10.9 Å². The number of H-pyrrole nitrogens is 1. The molecule has 0 aliphatic carbocycles. The summed E-state index contributed by atoms with van der Waals surface area (Å²) in [6.45, 7) is 3.72. The number of benzene rings is 2. The van der Waals surface area contributed by atoms with Crippen molar-refractivity contribution in [2.45, 2.75) is 6.54 Å². The summed E-state index contributed by atoms with van der Waals surface area (Å²) < 4.78 is 14.0. The molecule has 4 rings (SSSR count). The predicted molar refractivity (Wildman–Crippen MR) is 104 cm³/mol. The van der Waals surface area contributed by atoms with Gasteiger partial charge in [0.2, 0.25) is 0 Å². The molecule has 6 heteroatoms. The van der Waals surface area contributed by atoms with Crippen molar-refractivity contribution in [1.82, 2.24) is 14.8 Å². The second-order valence-corrected chi connectivity index (χ2v) is 7.43. The summed E-state index contributed by atoms with van der Waals surface area (Å²) in [4.78, 5) is 20.1. The first-order valence-electron chi connectivity index (χ1n) is 8.63. The molecule has 0 atom stereocenters. The van der Waals surface area contributed by atoms with E-state index < -0.39 is 0 Å². The van der Waals surface area contributed by atoms with Crippen molar-refractivity contribution < 1.29 is 9.18 Å². The fourth-order valence-corrected chi connectivity index (χ4v) is 3.84. The summed E-state index contributed by atoms with van der Waals surface area (Å²) in [5.74, 6) is -0.196. The Balaban J connectivity index is 1.39. The minimum absolute atomic E-state index is 0.0452. The van der Waals surface area contributed by atoms with E-state index in [1.807, 2.05) is 35.2 Å². The van der Waals surface area contributed by atoms with Crippen molar-refractivity contribution in [1.29, 1.82) is 0 Å². The first-order valence-corrected chi connectivity index (χ1v) is 9.43. The van der Waals surface area contributed by atoms with Crippen molar-refractivity contribution in [2.75, 3.05) is 26.2 Å². The average Bonchev–Trinajstić information content (AvgIpc) is 3.08. The Hall–Kier alpha value is -2.18. The van der Waals surface area contributed by atoms with Crippen LogP contribution in [0.4, 0.5) is 4.39 Å². The monoisotopic (exact) mass is 415 g/mol. The normalized spacial score (nSPS) is 15.5. The van der Waals surface area contributed by atoms with Gasteiger partial charge in [-0.05, 0) is 29.8 Å². The molecule has 3 aromatic rings. The third kappa shape index (κ3) is 3.52. The van der Waals surface area contributed by atoms with Crippen LogP contribution >= 0.6 is 15.9 Å². The summed E-state index contributed by atoms with van der Waals surface area (Å²) in [6.07, 6.45) is 0. The van der Waals surface area contributed by atoms with Gasteiger partial charge in [0.05, 0.1) is 0 Å². The number of halogens is 2. The van der Waals surface area contributed by atoms with E-state index in [1.54, 1.807) is 6.07 Å². The number of aromatic amines is 1. The minimum Gasteiger partial charge on any atom is -0.351 e. The minimum atomic E-state index is -0.241. The van der Waals surface area contributed by atoms with Crippen LogP contribution in [0.2, 0.25) is 0 Å². The highest BCUT2D eigenvalue weighted by Gasteiger charge is 2.23. The highest BCUT2D eigenvalue weighted by Crippen LogP contribution is 2.21. The highest BCUT2D eigenvalue weighted by atomic mass is 79.9. The van der Waals surface area contributed by atoms with Crippen LogP contribution in [-0.2, 0) is 6.54 Å². The van der Waals surface area contributed by atoms with Crippen molar-refractivity contribution in [3.8, 4) is 0 Å². The second kappa shape index (κ2) is 7.21. The summed E-state index contributed by atoms with van der Waals surface area (Å²) in [5, 5.41) is 1.05. The fraction of sp³-hybridized carbons (Fsp3) is 0.250. The van der Waals surface area contributed by atoms with Gasteiger partial charge in [0.1, 0.15) is 11.5 Å². The molecule has 1 aromatic heterocycles. The number of amides is 1. The van der Waals surface area contributed by atoms with E-state index in [-0.39, 0.29) is 11.7 Å². The smallest absolute Gasteiger partial charge is 0.270 e. The molecule has 2 aromatic carbocycles. The molecule has 1 amide bonds. The number of hydrogen-bond acceptors (Lipinski definition) is 2. The number of carbonyl (C=O) groups is 1. The summed E-state index contributed by atoms with van der Waals surface area (Å²) in [5.41, 5.74) is 2.68. The highest BCUT2D eigenvalue weighted by molar-refractivity contribution is 9.10. The quantitative estimate of drug-likeness (QED) is 0.701. The van der Waals surface area contributed by atoms with Crippen LogP contribution in [0.15, 0.2) is 53.0 Å². The van der Waals surface area contributed by atoms with Gasteiger partial charge < -0.3 is 9.88 Å². The van der Waals surface area contributed by atoms with E-state index in [2.05, 4.69) is 25.8 Å². The molecule has 134 valence electrons. The maximum absolute atomic E-state index is 13.2. The van der Waals surface area contributed by atoms with Gasteiger partial charge in [-0.1, -0.05) is 40.2 Å². The summed E-state index contributed by atoms with van der Waals surface area (Å²) in [7, 11) is 0. The summed E-state index contributed by atoms with van der Waals surface area (Å²) >= 11 is 3.42. The Morgan fingerprint density at radius 2 is 1.85 bits per heavy atom. The first-order chi connectivity index (χ1) is 12.6. The SMILES string of the molecule is O=C(c1cc2ccccc2[nH]1)N1CCN(Cc2ccc(F)cc2Br)CC1. The van der Waals surface area contributed by atoms with Gasteiger partial charge in [-0.15, -0.1) is 0 Å². The number of fused-ring (bicyclic) bond motifs is 1. The van der Waals surface area contributed by atoms with Crippen LogP contribution in [0.1, 0.15) is 16.1 Å². The van der Waals surface area contributed by atoms with E-state index in [9.17, 15) is 9.18 Å². The lowest BCUT2D eigenvalue weighted by molar-refractivity contribution is 0.0623. The number of para-hydroxylation sites is 1. The van der Waals surface area contributed by atoms with E-state index in [0.29, 0.717) is 18.8 Å². The molecule has 0 radical (unpaired) electrons. The molecule has 1 aliphatic heterocycles. The second-order valence-electron chi connectivity index (χ2n) is 6.57. The Morgan fingerprint density at radius 1 is 1.08 bits per heavy atom. The third-order valence-electron chi connectivity index (χ3n) is 4.83. The van der Waals surface area contributed by atoms with Gasteiger partial charge in [-0.3, -0.25) is 9.69 Å². The van der Waals surface area contributed by atoms with Gasteiger partial charge in [-0.25, -0.2) is 4.39 Å². The average molecular weight is 416 g/mol. The molecule has 1 N–H and O–H groups in total. The van der Waals surface area contributed by atoms with Crippen molar-refractivity contribution in [2.24, 2.45) is 0 Å². The summed E-state index contributed by atoms with van der Waals surface area (Å²) in [6, 6.07) is 14.6. The molecule has 0 unspecified atom stereocenters. The largest absolute Gasteiger partial charge is 0.351 e. The van der Waals surface area contributed by atoms with Crippen LogP contribution in [0.3, 0.4) is 0 Å². The van der Waals surface area contributed by atoms with Crippen LogP contribution in [0, 0.1) is 5.82 Å². The lowest BCUT2D eigenvalue weighted by atomic mass is 10.2. The van der Waals surface area contributed by atoms with Crippen molar-refractivity contribution in [3.05, 3.63) is 70.1 Å². The zero-order valence-electron chi connectivity index (χ0n) is 14.2. The molecular formula is C20H19BrFN3O. The molecule has 0 saturated carbocycles. The van der Waals surface area contributed by atoms with Crippen molar-refractivity contribution in [3.63, 3.8) is 0 Å². The Bertz CT molecular complexity index is 914. The number of nitrogens with one attached hydrogen (secondary N) is 1. The number of nitrogens with zero attached hydrogens (tertiary/aromatic N) is 2. The zero-order chi connectivity index (χ0) is 18.1. The zero-order valence-corrected chi connectivity index (χ0v) is 15.8. The molecule has 26 heavy (non-hydrogen) atoms. The van der Waals surface area contributed by atoms with E-state index >= 15 is 0 Å². The molecule has 4 nitrogen and oxygen atoms in total. The molecule has 1 aliphatic rings. The lowest BCUT2D eigenvalue weighted by Gasteiger charge is -2.34. The standard InChI is InChI=1S/C20H19BrFN3O/c21-17-12-16(22)6-5-15(17)13-24-7-9-25(10-8-24)20(26)19-11-14-3-1-2-4-18(14)23-19/h1-6,11-12,23H,7-10,13H2. The van der Waals surface area contributed by atoms with Gasteiger partial charge in [0.25, 0.3) is 5.91 Å². The van der Waals surface area contributed by atoms with E-state index in [4.69, 9.17) is 0 Å². The molecule has 0 spiro atoms. The predicted octanol–water partition coefficient (Wildman–Crippen LogP) is 4.03. The Morgan fingerprint density at radius 3 is 2.58 bits per heavy atom. The van der Waals surface area contributed by atoms with Crippen molar-refractivity contribution >= 4 is 32.7 Å².